The maximum absolute atomic E-state index is 12.3. The van der Waals surface area contributed by atoms with Crippen molar-refractivity contribution in [2.75, 3.05) is 6.61 Å². The first-order chi connectivity index (χ1) is 10.0. The molecule has 0 N–H and O–H groups in total. The van der Waals surface area contributed by atoms with Gasteiger partial charge in [-0.25, -0.2) is 13.2 Å². The van der Waals surface area contributed by atoms with Gasteiger partial charge in [0.05, 0.1) is 23.5 Å². The van der Waals surface area contributed by atoms with Crippen molar-refractivity contribution in [1.82, 2.24) is 0 Å². The second-order valence-corrected chi connectivity index (χ2v) is 6.47. The average Bonchev–Trinajstić information content (AvgIpc) is 2.93. The van der Waals surface area contributed by atoms with Gasteiger partial charge in [0.25, 0.3) is 0 Å². The largest absolute Gasteiger partial charge is 0.460 e. The number of benzene rings is 1. The molecular weight excluding hydrogens is 292 g/mol. The van der Waals surface area contributed by atoms with Gasteiger partial charge in [-0.3, -0.25) is 0 Å². The molecule has 5 nitrogen and oxygen atoms in total. The van der Waals surface area contributed by atoms with Gasteiger partial charge in [0.15, 0.2) is 9.84 Å². The topological polar surface area (TPSA) is 73.6 Å². The number of sulfone groups is 1. The van der Waals surface area contributed by atoms with E-state index in [1.807, 2.05) is 6.92 Å². The number of ether oxygens (including phenoxy) is 1. The van der Waals surface area contributed by atoms with E-state index in [9.17, 15) is 13.2 Å². The molecule has 0 saturated carbocycles. The lowest BCUT2D eigenvalue weighted by atomic mass is 10.3. The molecule has 0 aliphatic heterocycles. The number of carbonyl (C=O) groups is 1. The zero-order valence-electron chi connectivity index (χ0n) is 11.6. The van der Waals surface area contributed by atoms with Gasteiger partial charge in [-0.2, -0.15) is 0 Å². The molecule has 0 aliphatic carbocycles. The lowest BCUT2D eigenvalue weighted by Crippen LogP contribution is -2.10. The molecule has 0 spiro atoms. The summed E-state index contributed by atoms with van der Waals surface area (Å²) in [5, 5.41) is 0. The number of esters is 1. The van der Waals surface area contributed by atoms with E-state index < -0.39 is 15.8 Å². The van der Waals surface area contributed by atoms with Gasteiger partial charge < -0.3 is 9.15 Å². The SMILES string of the molecule is CCCOC(=O)c1occc1CS(=O)(=O)c1ccccc1. The van der Waals surface area contributed by atoms with Crippen LogP contribution in [0.4, 0.5) is 0 Å². The van der Waals surface area contributed by atoms with E-state index in [0.717, 1.165) is 0 Å². The smallest absolute Gasteiger partial charge is 0.374 e. The summed E-state index contributed by atoms with van der Waals surface area (Å²) in [5.41, 5.74) is 0.306. The maximum atomic E-state index is 12.3. The second kappa shape index (κ2) is 6.58. The zero-order chi connectivity index (χ0) is 15.3. The maximum Gasteiger partial charge on any atom is 0.374 e. The van der Waals surface area contributed by atoms with Crippen LogP contribution < -0.4 is 0 Å². The molecule has 112 valence electrons. The first kappa shape index (κ1) is 15.3. The molecule has 6 heteroatoms. The highest BCUT2D eigenvalue weighted by atomic mass is 32.2. The molecule has 21 heavy (non-hydrogen) atoms. The predicted molar refractivity (Wildman–Crippen MR) is 76.6 cm³/mol. The summed E-state index contributed by atoms with van der Waals surface area (Å²) in [4.78, 5) is 12.0. The van der Waals surface area contributed by atoms with Crippen molar-refractivity contribution in [2.24, 2.45) is 0 Å². The van der Waals surface area contributed by atoms with E-state index in [-0.39, 0.29) is 23.0 Å². The highest BCUT2D eigenvalue weighted by molar-refractivity contribution is 7.90. The summed E-state index contributed by atoms with van der Waals surface area (Å²) in [6.45, 7) is 2.14. The van der Waals surface area contributed by atoms with Gasteiger partial charge in [0.1, 0.15) is 0 Å². The Morgan fingerprint density at radius 3 is 2.57 bits per heavy atom. The molecule has 0 amide bonds. The van der Waals surface area contributed by atoms with Crippen LogP contribution in [0.5, 0.6) is 0 Å². The molecule has 0 bridgehead atoms. The van der Waals surface area contributed by atoms with Crippen LogP contribution in [0.1, 0.15) is 29.5 Å². The Hall–Kier alpha value is -2.08. The fourth-order valence-corrected chi connectivity index (χ4v) is 3.18. The lowest BCUT2D eigenvalue weighted by molar-refractivity contribution is 0.0467. The van der Waals surface area contributed by atoms with Gasteiger partial charge in [-0.1, -0.05) is 25.1 Å². The molecule has 2 rings (SSSR count). The third-order valence-electron chi connectivity index (χ3n) is 2.82. The molecule has 0 aliphatic rings. The molecule has 1 heterocycles. The highest BCUT2D eigenvalue weighted by Gasteiger charge is 2.23. The molecule has 0 atom stereocenters. The van der Waals surface area contributed by atoms with Crippen LogP contribution in [0.15, 0.2) is 52.0 Å². The van der Waals surface area contributed by atoms with Gasteiger partial charge in [0, 0.05) is 5.56 Å². The first-order valence-corrected chi connectivity index (χ1v) is 8.21. The quantitative estimate of drug-likeness (QED) is 0.767. The van der Waals surface area contributed by atoms with Crippen molar-refractivity contribution in [1.29, 1.82) is 0 Å². The summed E-state index contributed by atoms with van der Waals surface area (Å²) in [6, 6.07) is 9.56. The summed E-state index contributed by atoms with van der Waals surface area (Å²) < 4.78 is 34.6. The average molecular weight is 308 g/mol. The Kier molecular flexibility index (Phi) is 4.80. The Bertz CT molecular complexity index is 701. The van der Waals surface area contributed by atoms with Gasteiger partial charge >= 0.3 is 5.97 Å². The summed E-state index contributed by atoms with van der Waals surface area (Å²) in [6.07, 6.45) is 1.97. The van der Waals surface area contributed by atoms with E-state index in [4.69, 9.17) is 9.15 Å². The fourth-order valence-electron chi connectivity index (χ4n) is 1.80. The Balaban J connectivity index is 2.21. The van der Waals surface area contributed by atoms with Crippen molar-refractivity contribution in [2.45, 2.75) is 24.0 Å². The zero-order valence-corrected chi connectivity index (χ0v) is 12.4. The Morgan fingerprint density at radius 1 is 1.19 bits per heavy atom. The Morgan fingerprint density at radius 2 is 1.90 bits per heavy atom. The lowest BCUT2D eigenvalue weighted by Gasteiger charge is -2.05. The van der Waals surface area contributed by atoms with Crippen molar-refractivity contribution in [3.8, 4) is 0 Å². The summed E-state index contributed by atoms with van der Waals surface area (Å²) >= 11 is 0. The van der Waals surface area contributed by atoms with Crippen LogP contribution >= 0.6 is 0 Å². The van der Waals surface area contributed by atoms with Crippen molar-refractivity contribution < 1.29 is 22.4 Å². The molecule has 0 radical (unpaired) electrons. The third-order valence-corrected chi connectivity index (χ3v) is 4.50. The monoisotopic (exact) mass is 308 g/mol. The molecule has 2 aromatic rings. The summed E-state index contributed by atoms with van der Waals surface area (Å²) in [7, 11) is -3.53. The molecule has 0 unspecified atom stereocenters. The van der Waals surface area contributed by atoms with Crippen LogP contribution in [0, 0.1) is 0 Å². The minimum atomic E-state index is -3.53. The number of hydrogen-bond acceptors (Lipinski definition) is 5. The number of hydrogen-bond donors (Lipinski definition) is 0. The number of rotatable bonds is 6. The van der Waals surface area contributed by atoms with Crippen LogP contribution in [0.2, 0.25) is 0 Å². The predicted octanol–water partition coefficient (Wildman–Crippen LogP) is 2.82. The van der Waals surface area contributed by atoms with E-state index in [1.54, 1.807) is 18.2 Å². The molecule has 0 saturated heterocycles. The fraction of sp³-hybridized carbons (Fsp3) is 0.267. The molecule has 1 aromatic carbocycles. The normalized spacial score (nSPS) is 11.3. The molecular formula is C15H16O5S. The van der Waals surface area contributed by atoms with Crippen LogP contribution in [-0.2, 0) is 20.3 Å². The molecule has 1 aromatic heterocycles. The Labute approximate surface area is 123 Å². The minimum Gasteiger partial charge on any atom is -0.460 e. The van der Waals surface area contributed by atoms with E-state index in [2.05, 4.69) is 0 Å². The van der Waals surface area contributed by atoms with Crippen LogP contribution in [-0.4, -0.2) is 21.0 Å². The van der Waals surface area contributed by atoms with Crippen molar-refractivity contribution >= 4 is 15.8 Å². The second-order valence-electron chi connectivity index (χ2n) is 4.48. The van der Waals surface area contributed by atoms with Gasteiger partial charge in [-0.15, -0.1) is 0 Å². The standard InChI is InChI=1S/C15H16O5S/c1-2-9-20-15(16)14-12(8-10-19-14)11-21(17,18)13-6-4-3-5-7-13/h3-8,10H,2,9,11H2,1H3. The van der Waals surface area contributed by atoms with Crippen LogP contribution in [0.3, 0.4) is 0 Å². The van der Waals surface area contributed by atoms with Gasteiger partial charge in [-0.05, 0) is 24.6 Å². The van der Waals surface area contributed by atoms with Crippen LogP contribution in [0.25, 0.3) is 0 Å². The van der Waals surface area contributed by atoms with Crippen molar-refractivity contribution in [3.05, 3.63) is 54.0 Å². The number of carbonyl (C=O) groups excluding carboxylic acids is 1. The molecule has 0 fully saturated rings. The van der Waals surface area contributed by atoms with E-state index >= 15 is 0 Å². The number of furan rings is 1. The highest BCUT2D eigenvalue weighted by Crippen LogP contribution is 2.20. The summed E-state index contributed by atoms with van der Waals surface area (Å²) in [5.74, 6) is -0.993. The third kappa shape index (κ3) is 3.72. The van der Waals surface area contributed by atoms with Crippen molar-refractivity contribution in [3.63, 3.8) is 0 Å². The van der Waals surface area contributed by atoms with E-state index in [1.165, 1.54) is 24.5 Å². The first-order valence-electron chi connectivity index (χ1n) is 6.56. The van der Waals surface area contributed by atoms with E-state index in [0.29, 0.717) is 12.0 Å². The minimum absolute atomic E-state index is 0.0528. The van der Waals surface area contributed by atoms with Gasteiger partial charge in [0.2, 0.25) is 5.76 Å².